The summed E-state index contributed by atoms with van der Waals surface area (Å²) in [4.78, 5) is 14.7. The van der Waals surface area contributed by atoms with Crippen LogP contribution in [0.3, 0.4) is 0 Å². The Kier molecular flexibility index (Phi) is 4.95. The number of hydrogen-bond donors (Lipinski definition) is 1. The van der Waals surface area contributed by atoms with E-state index in [2.05, 4.69) is 12.1 Å². The molecule has 0 unspecified atom stereocenters. The van der Waals surface area contributed by atoms with E-state index in [9.17, 15) is 4.79 Å². The summed E-state index contributed by atoms with van der Waals surface area (Å²) < 4.78 is 5.54. The summed E-state index contributed by atoms with van der Waals surface area (Å²) in [6.45, 7) is 1.25. The highest BCUT2D eigenvalue weighted by Crippen LogP contribution is 2.40. The molecule has 0 radical (unpaired) electrons. The maximum absolute atomic E-state index is 13.0. The van der Waals surface area contributed by atoms with Crippen molar-refractivity contribution in [2.75, 3.05) is 33.0 Å². The van der Waals surface area contributed by atoms with Gasteiger partial charge in [-0.25, -0.2) is 0 Å². The van der Waals surface area contributed by atoms with Crippen LogP contribution in [0.15, 0.2) is 24.3 Å². The zero-order valence-corrected chi connectivity index (χ0v) is 14.8. The molecule has 2 N–H and O–H groups in total. The molecule has 1 aliphatic heterocycles. The minimum absolute atomic E-state index is 0.166. The standard InChI is InChI=1S/C20H28N2O2/c1-22(2)19(23)20(10-12-24-13-11-20)16-8-9-18(21)17(14-16)15-6-4-3-5-7-15/h6,8-9,14H,3-5,7,10-13,21H2,1-2H3. The average Bonchev–Trinajstić information content (AvgIpc) is 2.62. The third-order valence-electron chi connectivity index (χ3n) is 5.40. The van der Waals surface area contributed by atoms with Gasteiger partial charge in [0.2, 0.25) is 5.91 Å². The van der Waals surface area contributed by atoms with Gasteiger partial charge in [0.05, 0.1) is 5.41 Å². The first-order valence-electron chi connectivity index (χ1n) is 8.93. The van der Waals surface area contributed by atoms with Crippen LogP contribution in [-0.4, -0.2) is 38.1 Å². The van der Waals surface area contributed by atoms with Crippen molar-refractivity contribution in [1.29, 1.82) is 0 Å². The Labute approximate surface area is 144 Å². The van der Waals surface area contributed by atoms with Gasteiger partial charge in [-0.1, -0.05) is 12.1 Å². The summed E-state index contributed by atoms with van der Waals surface area (Å²) in [6.07, 6.45) is 8.43. The highest BCUT2D eigenvalue weighted by atomic mass is 16.5. The first kappa shape index (κ1) is 17.0. The van der Waals surface area contributed by atoms with Crippen LogP contribution >= 0.6 is 0 Å². The van der Waals surface area contributed by atoms with Crippen molar-refractivity contribution in [1.82, 2.24) is 4.90 Å². The lowest BCUT2D eigenvalue weighted by molar-refractivity contribution is -0.138. The van der Waals surface area contributed by atoms with Crippen molar-refractivity contribution in [3.8, 4) is 0 Å². The molecule has 1 fully saturated rings. The van der Waals surface area contributed by atoms with Gasteiger partial charge in [0.25, 0.3) is 0 Å². The van der Waals surface area contributed by atoms with Crippen molar-refractivity contribution >= 4 is 17.2 Å². The number of rotatable bonds is 3. The Hall–Kier alpha value is -1.81. The van der Waals surface area contributed by atoms with Crippen molar-refractivity contribution in [2.45, 2.75) is 43.9 Å². The lowest BCUT2D eigenvalue weighted by atomic mass is 9.72. The van der Waals surface area contributed by atoms with E-state index >= 15 is 0 Å². The summed E-state index contributed by atoms with van der Waals surface area (Å²) in [6, 6.07) is 6.18. The monoisotopic (exact) mass is 328 g/mol. The van der Waals surface area contributed by atoms with Gasteiger partial charge in [-0.3, -0.25) is 4.79 Å². The molecule has 4 heteroatoms. The van der Waals surface area contributed by atoms with Crippen LogP contribution in [0.25, 0.3) is 5.57 Å². The van der Waals surface area contributed by atoms with Crippen LogP contribution in [0, 0.1) is 0 Å². The number of benzene rings is 1. The second kappa shape index (κ2) is 6.98. The molecule has 0 bridgehead atoms. The van der Waals surface area contributed by atoms with Crippen LogP contribution in [0.1, 0.15) is 49.7 Å². The van der Waals surface area contributed by atoms with Crippen LogP contribution in [0.4, 0.5) is 5.69 Å². The highest BCUT2D eigenvalue weighted by molar-refractivity contribution is 5.89. The molecular weight excluding hydrogens is 300 g/mol. The normalized spacial score (nSPS) is 20.3. The molecule has 0 saturated carbocycles. The molecule has 3 rings (SSSR count). The second-order valence-electron chi connectivity index (χ2n) is 7.17. The quantitative estimate of drug-likeness (QED) is 0.866. The number of allylic oxidation sites excluding steroid dienone is 2. The minimum Gasteiger partial charge on any atom is -0.398 e. The molecule has 1 amide bonds. The summed E-state index contributed by atoms with van der Waals surface area (Å²) in [7, 11) is 3.67. The highest BCUT2D eigenvalue weighted by Gasteiger charge is 2.42. The maximum atomic E-state index is 13.0. The smallest absolute Gasteiger partial charge is 0.232 e. The first-order valence-corrected chi connectivity index (χ1v) is 8.93. The van der Waals surface area contributed by atoms with E-state index in [0.29, 0.717) is 13.2 Å². The van der Waals surface area contributed by atoms with Gasteiger partial charge in [-0.05, 0) is 61.8 Å². The molecule has 1 aromatic rings. The summed E-state index contributed by atoms with van der Waals surface area (Å²) in [5.74, 6) is 0.166. The Bertz CT molecular complexity index is 643. The van der Waals surface area contributed by atoms with Crippen LogP contribution in [-0.2, 0) is 14.9 Å². The fourth-order valence-electron chi connectivity index (χ4n) is 3.99. The Morgan fingerprint density at radius 3 is 2.58 bits per heavy atom. The summed E-state index contributed by atoms with van der Waals surface area (Å²) in [5, 5.41) is 0. The number of nitrogens with two attached hydrogens (primary N) is 1. The summed E-state index contributed by atoms with van der Waals surface area (Å²) >= 11 is 0. The molecule has 24 heavy (non-hydrogen) atoms. The van der Waals surface area contributed by atoms with E-state index in [1.807, 2.05) is 26.2 Å². The molecule has 0 aromatic heterocycles. The van der Waals surface area contributed by atoms with Crippen molar-refractivity contribution in [2.24, 2.45) is 0 Å². The lowest BCUT2D eigenvalue weighted by Gasteiger charge is -2.38. The van der Waals surface area contributed by atoms with E-state index in [0.717, 1.165) is 42.5 Å². The van der Waals surface area contributed by atoms with Crippen molar-refractivity contribution in [3.05, 3.63) is 35.4 Å². The van der Waals surface area contributed by atoms with Gasteiger partial charge in [0.1, 0.15) is 0 Å². The molecule has 1 aliphatic carbocycles. The lowest BCUT2D eigenvalue weighted by Crippen LogP contribution is -2.47. The largest absolute Gasteiger partial charge is 0.398 e. The Morgan fingerprint density at radius 1 is 1.21 bits per heavy atom. The Morgan fingerprint density at radius 2 is 1.96 bits per heavy atom. The van der Waals surface area contributed by atoms with Crippen LogP contribution in [0.2, 0.25) is 0 Å². The van der Waals surface area contributed by atoms with E-state index in [-0.39, 0.29) is 5.91 Å². The van der Waals surface area contributed by atoms with Gasteiger partial charge < -0.3 is 15.4 Å². The average molecular weight is 328 g/mol. The van der Waals surface area contributed by atoms with Gasteiger partial charge in [0, 0.05) is 38.6 Å². The van der Waals surface area contributed by atoms with Crippen LogP contribution < -0.4 is 5.73 Å². The number of carbonyl (C=O) groups excluding carboxylic acids is 1. The van der Waals surface area contributed by atoms with Crippen molar-refractivity contribution < 1.29 is 9.53 Å². The molecular formula is C20H28N2O2. The molecule has 0 atom stereocenters. The van der Waals surface area contributed by atoms with Gasteiger partial charge >= 0.3 is 0 Å². The predicted molar refractivity (Wildman–Crippen MR) is 97.7 cm³/mol. The minimum atomic E-state index is -0.487. The number of nitrogens with zero attached hydrogens (tertiary/aromatic N) is 1. The van der Waals surface area contributed by atoms with E-state index in [4.69, 9.17) is 10.5 Å². The number of carbonyl (C=O) groups is 1. The van der Waals surface area contributed by atoms with Gasteiger partial charge in [-0.15, -0.1) is 0 Å². The fourth-order valence-corrected chi connectivity index (χ4v) is 3.99. The number of amides is 1. The fraction of sp³-hybridized carbons (Fsp3) is 0.550. The third-order valence-corrected chi connectivity index (χ3v) is 5.40. The number of anilines is 1. The molecule has 0 spiro atoms. The number of likely N-dealkylation sites (N-methyl/N-ethyl adjacent to an activating group) is 1. The summed E-state index contributed by atoms with van der Waals surface area (Å²) in [5.41, 5.74) is 10.1. The molecule has 4 nitrogen and oxygen atoms in total. The molecule has 1 saturated heterocycles. The molecule has 2 aliphatic rings. The molecule has 130 valence electrons. The van der Waals surface area contributed by atoms with Gasteiger partial charge in [-0.2, -0.15) is 0 Å². The van der Waals surface area contributed by atoms with Gasteiger partial charge in [0.15, 0.2) is 0 Å². The van der Waals surface area contributed by atoms with E-state index in [1.165, 1.54) is 18.4 Å². The number of hydrogen-bond acceptors (Lipinski definition) is 3. The zero-order valence-electron chi connectivity index (χ0n) is 14.8. The van der Waals surface area contributed by atoms with Crippen molar-refractivity contribution in [3.63, 3.8) is 0 Å². The maximum Gasteiger partial charge on any atom is 0.232 e. The van der Waals surface area contributed by atoms with E-state index in [1.54, 1.807) is 4.90 Å². The molecule has 1 aromatic carbocycles. The number of nitrogen functional groups attached to an aromatic ring is 1. The predicted octanol–water partition coefficient (Wildman–Crippen LogP) is 3.36. The first-order chi connectivity index (χ1) is 11.5. The van der Waals surface area contributed by atoms with E-state index < -0.39 is 5.41 Å². The molecule has 1 heterocycles. The second-order valence-corrected chi connectivity index (χ2v) is 7.17. The third kappa shape index (κ3) is 3.07. The topological polar surface area (TPSA) is 55.6 Å². The van der Waals surface area contributed by atoms with Crippen LogP contribution in [0.5, 0.6) is 0 Å². The SMILES string of the molecule is CN(C)C(=O)C1(c2ccc(N)c(C3=CCCCC3)c2)CCOCC1. The number of ether oxygens (including phenoxy) is 1. The zero-order chi connectivity index (χ0) is 17.2. The Balaban J connectivity index is 2.05.